The number of aromatic nitrogens is 2. The summed E-state index contributed by atoms with van der Waals surface area (Å²) in [4.78, 5) is 32.9. The fourth-order valence-electron chi connectivity index (χ4n) is 3.12. The maximum atomic E-state index is 12.3. The highest BCUT2D eigenvalue weighted by Gasteiger charge is 2.07. The number of carbonyl (C=O) groups excluding carboxylic acids is 2. The third-order valence-electron chi connectivity index (χ3n) is 4.96. The van der Waals surface area contributed by atoms with Crippen LogP contribution in [-0.2, 0) is 0 Å². The van der Waals surface area contributed by atoms with E-state index in [-0.39, 0.29) is 12.1 Å². The first kappa shape index (κ1) is 25.3. The van der Waals surface area contributed by atoms with Crippen molar-refractivity contribution in [3.8, 4) is 0 Å². The van der Waals surface area contributed by atoms with Gasteiger partial charge in [-0.3, -0.25) is 0 Å². The summed E-state index contributed by atoms with van der Waals surface area (Å²) in [6, 6.07) is 16.1. The van der Waals surface area contributed by atoms with Crippen molar-refractivity contribution in [1.82, 2.24) is 20.6 Å². The maximum Gasteiger partial charge on any atom is 0.319 e. The van der Waals surface area contributed by atoms with Crippen LogP contribution >= 0.6 is 0 Å². The molecule has 0 spiro atoms. The van der Waals surface area contributed by atoms with Gasteiger partial charge in [-0.15, -0.1) is 0 Å². The van der Waals surface area contributed by atoms with E-state index >= 15 is 0 Å². The number of aryl methyl sites for hydroxylation is 1. The van der Waals surface area contributed by atoms with Gasteiger partial charge in [0.2, 0.25) is 0 Å². The van der Waals surface area contributed by atoms with Gasteiger partial charge in [-0.1, -0.05) is 18.2 Å². The number of anilines is 4. The molecule has 35 heavy (non-hydrogen) atoms. The Morgan fingerprint density at radius 3 is 1.83 bits per heavy atom. The molecule has 6 N–H and O–H groups in total. The summed E-state index contributed by atoms with van der Waals surface area (Å²) in [5.74, 6) is 1.61. The van der Waals surface area contributed by atoms with Gasteiger partial charge < -0.3 is 31.9 Å². The van der Waals surface area contributed by atoms with Crippen molar-refractivity contribution in [3.63, 3.8) is 0 Å². The summed E-state index contributed by atoms with van der Waals surface area (Å²) in [6.45, 7) is 4.32. The van der Waals surface area contributed by atoms with E-state index in [4.69, 9.17) is 0 Å². The minimum absolute atomic E-state index is 0.298. The molecule has 3 aromatic rings. The lowest BCUT2D eigenvalue weighted by Crippen LogP contribution is -2.31. The zero-order valence-electron chi connectivity index (χ0n) is 19.8. The molecule has 10 heteroatoms. The molecule has 0 fully saturated rings. The van der Waals surface area contributed by atoms with E-state index in [0.717, 1.165) is 30.0 Å². The highest BCUT2D eigenvalue weighted by molar-refractivity contribution is 5.93. The summed E-state index contributed by atoms with van der Waals surface area (Å²) in [7, 11) is 0. The molecule has 0 atom stereocenters. The third-order valence-corrected chi connectivity index (χ3v) is 4.96. The van der Waals surface area contributed by atoms with E-state index in [0.29, 0.717) is 37.6 Å². The normalized spacial score (nSPS) is 10.2. The topological polar surface area (TPSA) is 132 Å². The zero-order valence-corrected chi connectivity index (χ0v) is 19.8. The van der Waals surface area contributed by atoms with E-state index in [1.807, 2.05) is 49.4 Å². The second-order valence-corrected chi connectivity index (χ2v) is 7.78. The first-order chi connectivity index (χ1) is 17.1. The van der Waals surface area contributed by atoms with Crippen molar-refractivity contribution in [3.05, 3.63) is 72.6 Å². The summed E-state index contributed by atoms with van der Waals surface area (Å²) in [5.41, 5.74) is 2.12. The molecule has 2 aromatic heterocycles. The molecule has 10 nitrogen and oxygen atoms in total. The van der Waals surface area contributed by atoms with Crippen LogP contribution in [0.15, 0.2) is 67.0 Å². The standard InChI is InChI=1S/C25H32N8O2/c1-19-10-11-20(32-24(34)30-16-6-14-28-22-8-2-4-12-26-22)18-21(19)33-25(35)31-17-7-15-29-23-9-3-5-13-27-23/h2-5,8-13,18H,6-7,14-17H2,1H3,(H,26,28)(H,27,29)(H2,30,32,34)(H2,31,33,35). The van der Waals surface area contributed by atoms with Crippen LogP contribution < -0.4 is 31.9 Å². The summed E-state index contributed by atoms with van der Waals surface area (Å²) in [5, 5.41) is 17.7. The highest BCUT2D eigenvalue weighted by Crippen LogP contribution is 2.20. The average molecular weight is 477 g/mol. The molecule has 0 saturated carbocycles. The Morgan fingerprint density at radius 1 is 0.714 bits per heavy atom. The third kappa shape index (κ3) is 9.58. The lowest BCUT2D eigenvalue weighted by atomic mass is 10.2. The van der Waals surface area contributed by atoms with Crippen LogP contribution in [0.4, 0.5) is 32.6 Å². The number of urea groups is 2. The molecule has 0 unspecified atom stereocenters. The molecule has 3 rings (SSSR count). The molecule has 0 aliphatic rings. The van der Waals surface area contributed by atoms with Gasteiger partial charge >= 0.3 is 12.1 Å². The maximum absolute atomic E-state index is 12.3. The number of carbonyl (C=O) groups is 2. The van der Waals surface area contributed by atoms with E-state index < -0.39 is 0 Å². The number of hydrogen-bond acceptors (Lipinski definition) is 6. The smallest absolute Gasteiger partial charge is 0.319 e. The number of pyridine rings is 2. The van der Waals surface area contributed by atoms with Gasteiger partial charge in [-0.25, -0.2) is 19.6 Å². The van der Waals surface area contributed by atoms with Gasteiger partial charge in [0.15, 0.2) is 0 Å². The molecule has 0 bridgehead atoms. The summed E-state index contributed by atoms with van der Waals surface area (Å²) >= 11 is 0. The Balaban J connectivity index is 1.33. The van der Waals surface area contributed by atoms with Crippen LogP contribution in [0.2, 0.25) is 0 Å². The minimum atomic E-state index is -0.303. The van der Waals surface area contributed by atoms with Crippen LogP contribution in [0.25, 0.3) is 0 Å². The molecule has 4 amide bonds. The molecule has 0 radical (unpaired) electrons. The van der Waals surface area contributed by atoms with Crippen LogP contribution in [0.3, 0.4) is 0 Å². The molecule has 0 aliphatic heterocycles. The van der Waals surface area contributed by atoms with Crippen LogP contribution in [0, 0.1) is 6.92 Å². The van der Waals surface area contributed by atoms with Gasteiger partial charge in [-0.2, -0.15) is 0 Å². The van der Waals surface area contributed by atoms with Crippen molar-refractivity contribution in [1.29, 1.82) is 0 Å². The Bertz CT molecular complexity index is 1060. The van der Waals surface area contributed by atoms with Crippen molar-refractivity contribution in [2.75, 3.05) is 47.4 Å². The molecule has 2 heterocycles. The van der Waals surface area contributed by atoms with E-state index in [9.17, 15) is 9.59 Å². The molecular formula is C25H32N8O2. The summed E-state index contributed by atoms with van der Waals surface area (Å²) < 4.78 is 0. The number of nitrogens with one attached hydrogen (secondary N) is 6. The van der Waals surface area contributed by atoms with Crippen LogP contribution in [0.5, 0.6) is 0 Å². The predicted octanol–water partition coefficient (Wildman–Crippen LogP) is 4.03. The van der Waals surface area contributed by atoms with Gasteiger partial charge in [-0.05, 0) is 61.7 Å². The Hall–Kier alpha value is -4.34. The monoisotopic (exact) mass is 476 g/mol. The lowest BCUT2D eigenvalue weighted by Gasteiger charge is -2.13. The first-order valence-electron chi connectivity index (χ1n) is 11.6. The van der Waals surface area contributed by atoms with Gasteiger partial charge in [0.25, 0.3) is 0 Å². The zero-order chi connectivity index (χ0) is 24.7. The van der Waals surface area contributed by atoms with Crippen molar-refractivity contribution < 1.29 is 9.59 Å². The highest BCUT2D eigenvalue weighted by atomic mass is 16.2. The first-order valence-corrected chi connectivity index (χ1v) is 11.6. The van der Waals surface area contributed by atoms with Gasteiger partial charge in [0.05, 0.1) is 0 Å². The van der Waals surface area contributed by atoms with E-state index in [2.05, 4.69) is 41.9 Å². The van der Waals surface area contributed by atoms with Gasteiger partial charge in [0.1, 0.15) is 11.6 Å². The summed E-state index contributed by atoms with van der Waals surface area (Å²) in [6.07, 6.45) is 4.96. The van der Waals surface area contributed by atoms with Crippen LogP contribution in [0.1, 0.15) is 18.4 Å². The Kier molecular flexibility index (Phi) is 10.1. The molecule has 0 saturated heterocycles. The van der Waals surface area contributed by atoms with Crippen molar-refractivity contribution >= 4 is 35.1 Å². The van der Waals surface area contributed by atoms with Crippen molar-refractivity contribution in [2.24, 2.45) is 0 Å². The average Bonchev–Trinajstić information content (AvgIpc) is 2.87. The molecule has 1 aromatic carbocycles. The van der Waals surface area contributed by atoms with E-state index in [1.165, 1.54) is 0 Å². The fourth-order valence-corrected chi connectivity index (χ4v) is 3.12. The number of hydrogen-bond donors (Lipinski definition) is 6. The Labute approximate surface area is 205 Å². The Morgan fingerprint density at radius 2 is 1.29 bits per heavy atom. The van der Waals surface area contributed by atoms with Crippen molar-refractivity contribution in [2.45, 2.75) is 19.8 Å². The van der Waals surface area contributed by atoms with Crippen LogP contribution in [-0.4, -0.2) is 48.2 Å². The molecule has 184 valence electrons. The molecular weight excluding hydrogens is 444 g/mol. The largest absolute Gasteiger partial charge is 0.370 e. The number of nitrogens with zero attached hydrogens (tertiary/aromatic N) is 2. The van der Waals surface area contributed by atoms with E-state index in [1.54, 1.807) is 24.5 Å². The quantitative estimate of drug-likeness (QED) is 0.219. The lowest BCUT2D eigenvalue weighted by molar-refractivity contribution is 0.251. The fraction of sp³-hybridized carbons (Fsp3) is 0.280. The number of benzene rings is 1. The second kappa shape index (κ2) is 14.0. The minimum Gasteiger partial charge on any atom is -0.370 e. The SMILES string of the molecule is Cc1ccc(NC(=O)NCCCNc2ccccn2)cc1NC(=O)NCCCNc1ccccn1. The van der Waals surface area contributed by atoms with Gasteiger partial charge in [0, 0.05) is 49.9 Å². The number of rotatable bonds is 12. The molecule has 0 aliphatic carbocycles. The predicted molar refractivity (Wildman–Crippen MR) is 140 cm³/mol. The second-order valence-electron chi connectivity index (χ2n) is 7.78. The number of amides is 4.